The molecule has 1 atom stereocenters. The van der Waals surface area contributed by atoms with Gasteiger partial charge >= 0.3 is 0 Å². The summed E-state index contributed by atoms with van der Waals surface area (Å²) in [4.78, 5) is 17.1. The van der Waals surface area contributed by atoms with Gasteiger partial charge in [0, 0.05) is 11.3 Å². The molecule has 0 aliphatic carbocycles. The van der Waals surface area contributed by atoms with Crippen LogP contribution in [0.5, 0.6) is 0 Å². The molecule has 90 valence electrons. The molecule has 0 aliphatic heterocycles. The first-order valence-electron chi connectivity index (χ1n) is 5.53. The lowest BCUT2D eigenvalue weighted by atomic mass is 10.1. The molecule has 16 heavy (non-hydrogen) atoms. The summed E-state index contributed by atoms with van der Waals surface area (Å²) < 4.78 is 0. The Labute approximate surface area is 100 Å². The van der Waals surface area contributed by atoms with Gasteiger partial charge in [-0.25, -0.2) is 4.98 Å². The van der Waals surface area contributed by atoms with Crippen LogP contribution in [0.15, 0.2) is 0 Å². The van der Waals surface area contributed by atoms with Crippen LogP contribution in [-0.2, 0) is 11.2 Å². The van der Waals surface area contributed by atoms with Gasteiger partial charge in [0.2, 0.25) is 5.91 Å². The standard InChI is InChI=1S/C11H19N3OS/c1-4-9-8(3)16-11(13-9)14-10(15)5-7(2)6-12/h7H,4-6,12H2,1-3H3,(H,13,14,15). The highest BCUT2D eigenvalue weighted by molar-refractivity contribution is 7.15. The van der Waals surface area contributed by atoms with Crippen molar-refractivity contribution >= 4 is 22.4 Å². The van der Waals surface area contributed by atoms with Crippen LogP contribution in [0.3, 0.4) is 0 Å². The van der Waals surface area contributed by atoms with Gasteiger partial charge < -0.3 is 11.1 Å². The number of carbonyl (C=O) groups excluding carboxylic acids is 1. The zero-order chi connectivity index (χ0) is 12.1. The van der Waals surface area contributed by atoms with Crippen molar-refractivity contribution in [3.63, 3.8) is 0 Å². The van der Waals surface area contributed by atoms with Gasteiger partial charge in [-0.05, 0) is 25.8 Å². The molecule has 1 aromatic rings. The van der Waals surface area contributed by atoms with E-state index in [9.17, 15) is 4.79 Å². The first-order chi connectivity index (χ1) is 7.56. The van der Waals surface area contributed by atoms with E-state index in [-0.39, 0.29) is 11.8 Å². The van der Waals surface area contributed by atoms with Crippen molar-refractivity contribution in [1.29, 1.82) is 0 Å². The third-order valence-electron chi connectivity index (χ3n) is 2.41. The largest absolute Gasteiger partial charge is 0.330 e. The van der Waals surface area contributed by atoms with Crippen molar-refractivity contribution in [2.24, 2.45) is 11.7 Å². The Kier molecular flexibility index (Phi) is 4.89. The van der Waals surface area contributed by atoms with E-state index in [0.29, 0.717) is 18.1 Å². The summed E-state index contributed by atoms with van der Waals surface area (Å²) in [6.07, 6.45) is 1.36. The van der Waals surface area contributed by atoms with Gasteiger partial charge in [-0.2, -0.15) is 0 Å². The second kappa shape index (κ2) is 5.96. The number of amides is 1. The summed E-state index contributed by atoms with van der Waals surface area (Å²) >= 11 is 1.53. The van der Waals surface area contributed by atoms with Crippen LogP contribution in [0.25, 0.3) is 0 Å². The Bertz CT molecular complexity index is 362. The van der Waals surface area contributed by atoms with E-state index in [1.54, 1.807) is 0 Å². The lowest BCUT2D eigenvalue weighted by Gasteiger charge is -2.06. The van der Waals surface area contributed by atoms with Crippen LogP contribution in [-0.4, -0.2) is 17.4 Å². The number of nitrogens with one attached hydrogen (secondary N) is 1. The van der Waals surface area contributed by atoms with Crippen molar-refractivity contribution in [1.82, 2.24) is 4.98 Å². The van der Waals surface area contributed by atoms with Crippen LogP contribution in [0.2, 0.25) is 0 Å². The maximum atomic E-state index is 11.6. The summed E-state index contributed by atoms with van der Waals surface area (Å²) in [5, 5.41) is 3.51. The second-order valence-corrected chi connectivity index (χ2v) is 5.17. The van der Waals surface area contributed by atoms with Crippen LogP contribution in [0.1, 0.15) is 30.8 Å². The minimum atomic E-state index is -0.00523. The molecule has 1 amide bonds. The SMILES string of the molecule is CCc1nc(NC(=O)CC(C)CN)sc1C. The molecule has 0 bridgehead atoms. The van der Waals surface area contributed by atoms with Crippen molar-refractivity contribution in [3.05, 3.63) is 10.6 Å². The molecule has 0 spiro atoms. The molecule has 0 radical (unpaired) electrons. The van der Waals surface area contributed by atoms with Crippen molar-refractivity contribution < 1.29 is 4.79 Å². The first kappa shape index (κ1) is 13.1. The van der Waals surface area contributed by atoms with E-state index in [1.807, 2.05) is 13.8 Å². The predicted molar refractivity (Wildman–Crippen MR) is 67.7 cm³/mol. The number of thiazole rings is 1. The smallest absolute Gasteiger partial charge is 0.226 e. The van der Waals surface area contributed by atoms with Crippen LogP contribution in [0, 0.1) is 12.8 Å². The molecule has 0 fully saturated rings. The van der Waals surface area contributed by atoms with Crippen molar-refractivity contribution in [3.8, 4) is 0 Å². The molecule has 1 aromatic heterocycles. The van der Waals surface area contributed by atoms with Gasteiger partial charge in [-0.1, -0.05) is 13.8 Å². The highest BCUT2D eigenvalue weighted by Gasteiger charge is 2.11. The highest BCUT2D eigenvalue weighted by atomic mass is 32.1. The fourth-order valence-electron chi connectivity index (χ4n) is 1.38. The molecule has 0 saturated carbocycles. The Hall–Kier alpha value is -0.940. The summed E-state index contributed by atoms with van der Waals surface area (Å²) in [5.41, 5.74) is 6.53. The Morgan fingerprint density at radius 1 is 1.62 bits per heavy atom. The summed E-state index contributed by atoms with van der Waals surface area (Å²) in [6, 6.07) is 0. The minimum Gasteiger partial charge on any atom is -0.330 e. The molecule has 0 aromatic carbocycles. The lowest BCUT2D eigenvalue weighted by molar-refractivity contribution is -0.116. The summed E-state index contributed by atoms with van der Waals surface area (Å²) in [5.74, 6) is 0.209. The molecule has 3 N–H and O–H groups in total. The normalized spacial score (nSPS) is 12.5. The highest BCUT2D eigenvalue weighted by Crippen LogP contribution is 2.22. The zero-order valence-corrected chi connectivity index (χ0v) is 10.9. The molecule has 0 saturated heterocycles. The first-order valence-corrected chi connectivity index (χ1v) is 6.34. The maximum absolute atomic E-state index is 11.6. The topological polar surface area (TPSA) is 68.0 Å². The van der Waals surface area contributed by atoms with E-state index in [1.165, 1.54) is 16.2 Å². The Morgan fingerprint density at radius 2 is 2.31 bits per heavy atom. The van der Waals surface area contributed by atoms with Crippen LogP contribution < -0.4 is 11.1 Å². The number of carbonyl (C=O) groups is 1. The van der Waals surface area contributed by atoms with E-state index < -0.39 is 0 Å². The number of hydrogen-bond donors (Lipinski definition) is 2. The summed E-state index contributed by atoms with van der Waals surface area (Å²) in [7, 11) is 0. The molecule has 1 heterocycles. The van der Waals surface area contributed by atoms with Gasteiger partial charge in [-0.3, -0.25) is 4.79 Å². The van der Waals surface area contributed by atoms with Crippen molar-refractivity contribution in [2.45, 2.75) is 33.6 Å². The molecule has 4 nitrogen and oxygen atoms in total. The second-order valence-electron chi connectivity index (χ2n) is 3.97. The van der Waals surface area contributed by atoms with Crippen LogP contribution in [0.4, 0.5) is 5.13 Å². The van der Waals surface area contributed by atoms with Gasteiger partial charge in [0.25, 0.3) is 0 Å². The Balaban J connectivity index is 2.56. The number of rotatable bonds is 5. The number of anilines is 1. The maximum Gasteiger partial charge on any atom is 0.226 e. The molecular weight excluding hydrogens is 222 g/mol. The molecule has 5 heteroatoms. The number of nitrogens with zero attached hydrogens (tertiary/aromatic N) is 1. The molecule has 1 rings (SSSR count). The van der Waals surface area contributed by atoms with E-state index in [0.717, 1.165) is 12.1 Å². The van der Waals surface area contributed by atoms with Gasteiger partial charge in [-0.15, -0.1) is 11.3 Å². The van der Waals surface area contributed by atoms with Crippen LogP contribution >= 0.6 is 11.3 Å². The Morgan fingerprint density at radius 3 is 2.81 bits per heavy atom. The quantitative estimate of drug-likeness (QED) is 0.827. The number of aromatic nitrogens is 1. The fraction of sp³-hybridized carbons (Fsp3) is 0.636. The zero-order valence-electron chi connectivity index (χ0n) is 10.0. The predicted octanol–water partition coefficient (Wildman–Crippen LogP) is 1.94. The number of aryl methyl sites for hydroxylation is 2. The summed E-state index contributed by atoms with van der Waals surface area (Å²) in [6.45, 7) is 6.58. The third-order valence-corrected chi connectivity index (χ3v) is 3.34. The van der Waals surface area contributed by atoms with Gasteiger partial charge in [0.1, 0.15) is 0 Å². The van der Waals surface area contributed by atoms with E-state index >= 15 is 0 Å². The molecule has 1 unspecified atom stereocenters. The van der Waals surface area contributed by atoms with E-state index in [4.69, 9.17) is 5.73 Å². The third kappa shape index (κ3) is 3.57. The number of nitrogens with two attached hydrogens (primary N) is 1. The number of hydrogen-bond acceptors (Lipinski definition) is 4. The molecular formula is C11H19N3OS. The molecule has 0 aliphatic rings. The average molecular weight is 241 g/mol. The van der Waals surface area contributed by atoms with Crippen molar-refractivity contribution in [2.75, 3.05) is 11.9 Å². The minimum absolute atomic E-state index is 0.00523. The van der Waals surface area contributed by atoms with Gasteiger partial charge in [0.15, 0.2) is 5.13 Å². The fourth-order valence-corrected chi connectivity index (χ4v) is 2.30. The van der Waals surface area contributed by atoms with E-state index in [2.05, 4.69) is 17.2 Å². The average Bonchev–Trinajstić information content (AvgIpc) is 2.58. The van der Waals surface area contributed by atoms with Gasteiger partial charge in [0.05, 0.1) is 5.69 Å². The lowest BCUT2D eigenvalue weighted by Crippen LogP contribution is -2.19. The monoisotopic (exact) mass is 241 g/mol.